The van der Waals surface area contributed by atoms with Gasteiger partial charge < -0.3 is 10.0 Å². The van der Waals surface area contributed by atoms with Gasteiger partial charge in [-0.15, -0.1) is 0 Å². The van der Waals surface area contributed by atoms with Crippen molar-refractivity contribution in [3.63, 3.8) is 0 Å². The van der Waals surface area contributed by atoms with E-state index in [2.05, 4.69) is 26.9 Å². The molecule has 92 valence electrons. The van der Waals surface area contributed by atoms with Gasteiger partial charge in [0, 0.05) is 26.7 Å². The lowest BCUT2D eigenvalue weighted by Crippen LogP contribution is -2.25. The molecule has 2 aromatic rings. The van der Waals surface area contributed by atoms with Gasteiger partial charge in [-0.3, -0.25) is 4.68 Å². The molecule has 17 heavy (non-hydrogen) atoms. The first-order valence-electron chi connectivity index (χ1n) is 5.76. The zero-order valence-electron chi connectivity index (χ0n) is 10.2. The molecule has 0 unspecified atom stereocenters. The van der Waals surface area contributed by atoms with E-state index in [1.165, 1.54) is 0 Å². The fourth-order valence-electron chi connectivity index (χ4n) is 1.88. The lowest BCUT2D eigenvalue weighted by atomic mass is 10.3. The molecule has 1 N–H and O–H groups in total. The van der Waals surface area contributed by atoms with E-state index in [-0.39, 0.29) is 6.61 Å². The van der Waals surface area contributed by atoms with Crippen molar-refractivity contribution in [1.29, 1.82) is 0 Å². The van der Waals surface area contributed by atoms with Gasteiger partial charge in [0.05, 0.1) is 11.6 Å². The van der Waals surface area contributed by atoms with Crippen LogP contribution in [0.25, 0.3) is 11.0 Å². The summed E-state index contributed by atoms with van der Waals surface area (Å²) in [7, 11) is 1.86. The van der Waals surface area contributed by atoms with Gasteiger partial charge in [-0.25, -0.2) is 9.97 Å². The molecule has 0 atom stereocenters. The Morgan fingerprint density at radius 3 is 2.94 bits per heavy atom. The van der Waals surface area contributed by atoms with Crippen molar-refractivity contribution in [2.24, 2.45) is 7.05 Å². The normalized spacial score (nSPS) is 11.0. The third-order valence-corrected chi connectivity index (χ3v) is 2.78. The molecule has 0 bridgehead atoms. The predicted octanol–water partition coefficient (Wildman–Crippen LogP) is 0.572. The zero-order valence-corrected chi connectivity index (χ0v) is 10.2. The van der Waals surface area contributed by atoms with Gasteiger partial charge in [-0.2, -0.15) is 5.10 Å². The second kappa shape index (κ2) is 5.09. The van der Waals surface area contributed by atoms with E-state index in [1.54, 1.807) is 17.2 Å². The van der Waals surface area contributed by atoms with Crippen LogP contribution < -0.4 is 4.90 Å². The van der Waals surface area contributed by atoms with E-state index < -0.39 is 0 Å². The summed E-state index contributed by atoms with van der Waals surface area (Å²) in [6.45, 7) is 3.90. The summed E-state index contributed by atoms with van der Waals surface area (Å²) in [5.74, 6) is 0.888. The average Bonchev–Trinajstić information content (AvgIpc) is 2.73. The second-order valence-corrected chi connectivity index (χ2v) is 3.86. The maximum Gasteiger partial charge on any atom is 0.163 e. The van der Waals surface area contributed by atoms with E-state index in [1.807, 2.05) is 7.05 Å². The van der Waals surface area contributed by atoms with Crippen molar-refractivity contribution in [3.8, 4) is 0 Å². The lowest BCUT2D eigenvalue weighted by Gasteiger charge is -2.21. The molecule has 0 amide bonds. The van der Waals surface area contributed by atoms with Crippen LogP contribution in [0.4, 0.5) is 5.82 Å². The highest BCUT2D eigenvalue weighted by atomic mass is 16.3. The lowest BCUT2D eigenvalue weighted by molar-refractivity contribution is 0.289. The summed E-state index contributed by atoms with van der Waals surface area (Å²) in [5.41, 5.74) is 0.831. The minimum Gasteiger partial charge on any atom is -0.396 e. The van der Waals surface area contributed by atoms with Crippen LogP contribution in [0.1, 0.15) is 13.3 Å². The Hall–Kier alpha value is -1.69. The summed E-state index contributed by atoms with van der Waals surface area (Å²) in [5, 5.41) is 14.0. The summed E-state index contributed by atoms with van der Waals surface area (Å²) in [4.78, 5) is 10.7. The van der Waals surface area contributed by atoms with Crippen LogP contribution in [0, 0.1) is 0 Å². The Morgan fingerprint density at radius 2 is 2.24 bits per heavy atom. The van der Waals surface area contributed by atoms with E-state index in [0.29, 0.717) is 0 Å². The quantitative estimate of drug-likeness (QED) is 0.820. The van der Waals surface area contributed by atoms with Crippen molar-refractivity contribution in [3.05, 3.63) is 12.5 Å². The number of aliphatic hydroxyl groups excluding tert-OH is 1. The molecule has 0 saturated carbocycles. The highest BCUT2D eigenvalue weighted by Crippen LogP contribution is 2.21. The molecule has 2 heterocycles. The van der Waals surface area contributed by atoms with Crippen molar-refractivity contribution in [2.75, 3.05) is 24.6 Å². The third-order valence-electron chi connectivity index (χ3n) is 2.78. The first kappa shape index (κ1) is 11.8. The molecular weight excluding hydrogens is 218 g/mol. The molecule has 6 nitrogen and oxygen atoms in total. The average molecular weight is 235 g/mol. The molecule has 2 aromatic heterocycles. The third kappa shape index (κ3) is 2.21. The van der Waals surface area contributed by atoms with Crippen molar-refractivity contribution < 1.29 is 5.11 Å². The Morgan fingerprint density at radius 1 is 1.41 bits per heavy atom. The number of rotatable bonds is 5. The number of aryl methyl sites for hydroxylation is 1. The molecule has 0 radical (unpaired) electrons. The van der Waals surface area contributed by atoms with Crippen LogP contribution >= 0.6 is 0 Å². The monoisotopic (exact) mass is 235 g/mol. The molecular formula is C11H17N5O. The van der Waals surface area contributed by atoms with Crippen LogP contribution in [0.5, 0.6) is 0 Å². The topological polar surface area (TPSA) is 67.1 Å². The zero-order chi connectivity index (χ0) is 12.3. The van der Waals surface area contributed by atoms with Gasteiger partial charge in [-0.1, -0.05) is 0 Å². The maximum absolute atomic E-state index is 8.90. The Bertz CT molecular complexity index is 496. The summed E-state index contributed by atoms with van der Waals surface area (Å²) >= 11 is 0. The number of anilines is 1. The summed E-state index contributed by atoms with van der Waals surface area (Å²) in [6.07, 6.45) is 4.08. The van der Waals surface area contributed by atoms with Crippen LogP contribution in [-0.4, -0.2) is 44.6 Å². The molecule has 0 saturated heterocycles. The summed E-state index contributed by atoms with van der Waals surface area (Å²) in [6, 6.07) is 0. The minimum atomic E-state index is 0.192. The van der Waals surface area contributed by atoms with Crippen molar-refractivity contribution >= 4 is 16.9 Å². The van der Waals surface area contributed by atoms with E-state index in [4.69, 9.17) is 5.11 Å². The van der Waals surface area contributed by atoms with Crippen molar-refractivity contribution in [1.82, 2.24) is 19.7 Å². The predicted molar refractivity (Wildman–Crippen MR) is 65.9 cm³/mol. The molecule has 0 aliphatic heterocycles. The van der Waals surface area contributed by atoms with E-state index in [9.17, 15) is 0 Å². The highest BCUT2D eigenvalue weighted by molar-refractivity contribution is 5.86. The van der Waals surface area contributed by atoms with Gasteiger partial charge >= 0.3 is 0 Å². The molecule has 0 spiro atoms. The van der Waals surface area contributed by atoms with Gasteiger partial charge in [-0.05, 0) is 13.3 Å². The molecule has 0 fully saturated rings. The first-order chi connectivity index (χ1) is 8.27. The van der Waals surface area contributed by atoms with Gasteiger partial charge in [0.25, 0.3) is 0 Å². The summed E-state index contributed by atoms with van der Waals surface area (Å²) < 4.78 is 1.74. The largest absolute Gasteiger partial charge is 0.396 e. The number of hydrogen-bond donors (Lipinski definition) is 1. The van der Waals surface area contributed by atoms with Gasteiger partial charge in [0.15, 0.2) is 5.65 Å². The number of nitrogens with zero attached hydrogens (tertiary/aromatic N) is 5. The van der Waals surface area contributed by atoms with E-state index >= 15 is 0 Å². The van der Waals surface area contributed by atoms with Crippen LogP contribution in [0.15, 0.2) is 12.5 Å². The SMILES string of the molecule is CCN(CCCO)c1ncnc2c1cnn2C. The molecule has 0 aliphatic carbocycles. The standard InChI is InChI=1S/C11H17N5O/c1-3-16(5-4-6-17)11-9-7-14-15(2)10(9)12-8-13-11/h7-8,17H,3-6H2,1-2H3. The number of aromatic nitrogens is 4. The van der Waals surface area contributed by atoms with Crippen molar-refractivity contribution in [2.45, 2.75) is 13.3 Å². The highest BCUT2D eigenvalue weighted by Gasteiger charge is 2.12. The van der Waals surface area contributed by atoms with Gasteiger partial charge in [0.2, 0.25) is 0 Å². The first-order valence-corrected chi connectivity index (χ1v) is 5.76. The maximum atomic E-state index is 8.90. The molecule has 0 aliphatic rings. The Balaban J connectivity index is 2.39. The Kier molecular flexibility index (Phi) is 3.53. The van der Waals surface area contributed by atoms with E-state index in [0.717, 1.165) is 36.4 Å². The second-order valence-electron chi connectivity index (χ2n) is 3.86. The smallest absolute Gasteiger partial charge is 0.163 e. The number of hydrogen-bond acceptors (Lipinski definition) is 5. The number of aliphatic hydroxyl groups is 1. The van der Waals surface area contributed by atoms with Crippen LogP contribution in [0.2, 0.25) is 0 Å². The van der Waals surface area contributed by atoms with Crippen LogP contribution in [-0.2, 0) is 7.05 Å². The van der Waals surface area contributed by atoms with Crippen LogP contribution in [0.3, 0.4) is 0 Å². The minimum absolute atomic E-state index is 0.192. The number of fused-ring (bicyclic) bond motifs is 1. The Labute approximate surface area is 99.9 Å². The van der Waals surface area contributed by atoms with Gasteiger partial charge in [0.1, 0.15) is 12.1 Å². The molecule has 2 rings (SSSR count). The molecule has 0 aromatic carbocycles. The fraction of sp³-hybridized carbons (Fsp3) is 0.545. The fourth-order valence-corrected chi connectivity index (χ4v) is 1.88. The molecule has 6 heteroatoms.